The van der Waals surface area contributed by atoms with Crippen LogP contribution in [0.15, 0.2) is 48.5 Å². The van der Waals surface area contributed by atoms with Gasteiger partial charge in [-0.3, -0.25) is 24.5 Å². The van der Waals surface area contributed by atoms with Gasteiger partial charge in [0.05, 0.1) is 6.04 Å². The second-order valence-corrected chi connectivity index (χ2v) is 10.6. The molecule has 3 heterocycles. The summed E-state index contributed by atoms with van der Waals surface area (Å²) in [6, 6.07) is 15.1. The minimum Gasteiger partial charge on any atom is -0.491 e. The first kappa shape index (κ1) is 23.7. The molecule has 4 atom stereocenters. The average Bonchev–Trinajstić information content (AvgIpc) is 3.66. The second kappa shape index (κ2) is 9.65. The fourth-order valence-corrected chi connectivity index (χ4v) is 6.05. The van der Waals surface area contributed by atoms with E-state index in [1.165, 1.54) is 10.5 Å². The molecule has 0 aromatic heterocycles. The predicted molar refractivity (Wildman–Crippen MR) is 135 cm³/mol. The van der Waals surface area contributed by atoms with Crippen molar-refractivity contribution in [1.29, 1.82) is 0 Å². The molecular weight excluding hydrogens is 470 g/mol. The van der Waals surface area contributed by atoms with Crippen LogP contribution in [0.25, 0.3) is 0 Å². The molecule has 1 saturated carbocycles. The highest BCUT2D eigenvalue weighted by Crippen LogP contribution is 2.49. The fraction of sp³-hybridized carbons (Fsp3) is 0.448. The maximum Gasteiger partial charge on any atom is 0.255 e. The third kappa shape index (κ3) is 4.61. The number of piperidine rings is 2. The second-order valence-electron chi connectivity index (χ2n) is 10.6. The molecule has 2 saturated heterocycles. The van der Waals surface area contributed by atoms with Gasteiger partial charge in [0.15, 0.2) is 0 Å². The number of hydrogen-bond acceptors (Lipinski definition) is 5. The highest BCUT2D eigenvalue weighted by molar-refractivity contribution is 6.05. The molecule has 8 nitrogen and oxygen atoms in total. The van der Waals surface area contributed by atoms with E-state index < -0.39 is 11.9 Å². The number of benzene rings is 2. The summed E-state index contributed by atoms with van der Waals surface area (Å²) in [5, 5.41) is 2.33. The molecule has 0 radical (unpaired) electrons. The van der Waals surface area contributed by atoms with Gasteiger partial charge in [0.2, 0.25) is 17.7 Å². The van der Waals surface area contributed by atoms with Gasteiger partial charge in [0, 0.05) is 31.0 Å². The number of nitrogens with one attached hydrogen (secondary N) is 1. The molecule has 3 aliphatic heterocycles. The van der Waals surface area contributed by atoms with E-state index in [2.05, 4.69) is 17.4 Å². The number of hydrogen-bond donors (Lipinski definition) is 1. The van der Waals surface area contributed by atoms with E-state index in [9.17, 15) is 19.2 Å². The van der Waals surface area contributed by atoms with Crippen LogP contribution in [0.3, 0.4) is 0 Å². The number of nitrogens with zero attached hydrogens (tertiary/aromatic N) is 2. The minimum absolute atomic E-state index is 0.0353. The number of fused-ring (bicyclic) bond motifs is 1. The third-order valence-electron chi connectivity index (χ3n) is 8.18. The van der Waals surface area contributed by atoms with Crippen molar-refractivity contribution in [3.8, 4) is 5.75 Å². The molecule has 4 amide bonds. The van der Waals surface area contributed by atoms with Crippen molar-refractivity contribution in [3.63, 3.8) is 0 Å². The summed E-state index contributed by atoms with van der Waals surface area (Å²) >= 11 is 0. The first-order chi connectivity index (χ1) is 18.0. The predicted octanol–water partition coefficient (Wildman–Crippen LogP) is 3.01. The molecular formula is C29H31N3O5. The number of amides is 4. The summed E-state index contributed by atoms with van der Waals surface area (Å²) in [6.07, 6.45) is 4.49. The van der Waals surface area contributed by atoms with E-state index in [-0.39, 0.29) is 36.1 Å². The van der Waals surface area contributed by atoms with Gasteiger partial charge in [-0.1, -0.05) is 30.3 Å². The Bertz CT molecular complexity index is 1250. The molecule has 1 unspecified atom stereocenters. The fourth-order valence-electron chi connectivity index (χ4n) is 6.05. The lowest BCUT2D eigenvalue weighted by molar-refractivity contribution is -0.138. The molecule has 8 heteroatoms. The molecule has 2 aromatic carbocycles. The van der Waals surface area contributed by atoms with Gasteiger partial charge >= 0.3 is 0 Å². The summed E-state index contributed by atoms with van der Waals surface area (Å²) in [6.45, 7) is 1.50. The number of ether oxygens (including phenoxy) is 1. The van der Waals surface area contributed by atoms with Gasteiger partial charge in [0.25, 0.3) is 5.91 Å². The molecule has 0 spiro atoms. The van der Waals surface area contributed by atoms with Crippen molar-refractivity contribution >= 4 is 23.6 Å². The number of rotatable bonds is 6. The normalized spacial score (nSPS) is 27.1. The van der Waals surface area contributed by atoms with E-state index >= 15 is 0 Å². The van der Waals surface area contributed by atoms with E-state index in [1.54, 1.807) is 12.1 Å². The van der Waals surface area contributed by atoms with Crippen LogP contribution in [0.4, 0.5) is 0 Å². The van der Waals surface area contributed by atoms with Gasteiger partial charge in [-0.25, -0.2) is 0 Å². The molecule has 1 N–H and O–H groups in total. The molecule has 0 bridgehead atoms. The zero-order valence-corrected chi connectivity index (χ0v) is 20.7. The molecule has 4 aliphatic rings. The molecule has 37 heavy (non-hydrogen) atoms. The van der Waals surface area contributed by atoms with Gasteiger partial charge < -0.3 is 14.5 Å². The molecule has 3 fully saturated rings. The maximum atomic E-state index is 13.4. The van der Waals surface area contributed by atoms with Crippen LogP contribution in [0, 0.1) is 5.92 Å². The van der Waals surface area contributed by atoms with Crippen molar-refractivity contribution < 1.29 is 23.9 Å². The van der Waals surface area contributed by atoms with Gasteiger partial charge in [-0.15, -0.1) is 0 Å². The van der Waals surface area contributed by atoms with E-state index in [0.29, 0.717) is 36.8 Å². The van der Waals surface area contributed by atoms with E-state index in [1.807, 2.05) is 29.2 Å². The van der Waals surface area contributed by atoms with Crippen LogP contribution in [-0.2, 0) is 20.9 Å². The lowest BCUT2D eigenvalue weighted by Crippen LogP contribution is -2.52. The Morgan fingerprint density at radius 3 is 2.68 bits per heavy atom. The largest absolute Gasteiger partial charge is 0.491 e. The van der Waals surface area contributed by atoms with Crippen LogP contribution in [-0.4, -0.2) is 58.7 Å². The van der Waals surface area contributed by atoms with Gasteiger partial charge in [0.1, 0.15) is 18.4 Å². The summed E-state index contributed by atoms with van der Waals surface area (Å²) in [4.78, 5) is 53.6. The number of carbonyl (C=O) groups excluding carboxylic acids is 4. The monoisotopic (exact) mass is 501 g/mol. The topological polar surface area (TPSA) is 96.0 Å². The highest BCUT2D eigenvalue weighted by Gasteiger charge is 2.47. The van der Waals surface area contributed by atoms with Crippen LogP contribution in [0.5, 0.6) is 5.75 Å². The maximum absolute atomic E-state index is 13.4. The van der Waals surface area contributed by atoms with Crippen LogP contribution < -0.4 is 10.1 Å². The molecule has 1 aliphatic carbocycles. The van der Waals surface area contributed by atoms with Crippen molar-refractivity contribution in [1.82, 2.24) is 15.1 Å². The molecule has 2 aromatic rings. The Kier molecular flexibility index (Phi) is 6.18. The van der Waals surface area contributed by atoms with E-state index in [0.717, 1.165) is 37.8 Å². The Hall–Kier alpha value is -3.68. The van der Waals surface area contributed by atoms with Crippen LogP contribution in [0.2, 0.25) is 0 Å². The quantitative estimate of drug-likeness (QED) is 0.614. The Morgan fingerprint density at radius 2 is 1.86 bits per heavy atom. The zero-order chi connectivity index (χ0) is 25.5. The Labute approximate surface area is 215 Å². The average molecular weight is 502 g/mol. The van der Waals surface area contributed by atoms with Crippen molar-refractivity contribution in [2.45, 2.75) is 63.1 Å². The first-order valence-electron chi connectivity index (χ1n) is 13.3. The summed E-state index contributed by atoms with van der Waals surface area (Å²) in [5.41, 5.74) is 2.62. The van der Waals surface area contributed by atoms with Gasteiger partial charge in [-0.05, 0) is 67.3 Å². The minimum atomic E-state index is -0.633. The standard InChI is InChI=1S/C29H31N3O5/c33-26-12-11-25(27(34)30-26)32-16-19-14-21(9-10-22(19)28(32)35)37-17-20-8-4-5-13-31(20)29(36)24-15-23(24)18-6-2-1-3-7-18/h1-3,6-7,9-10,14,20,23-25H,4-5,8,11-13,15-17H2,(H,30,33,34)/t20-,23+,24+,25?/m0/s1. The summed E-state index contributed by atoms with van der Waals surface area (Å²) in [7, 11) is 0. The molecule has 6 rings (SSSR count). The van der Waals surface area contributed by atoms with Gasteiger partial charge in [-0.2, -0.15) is 0 Å². The first-order valence-corrected chi connectivity index (χ1v) is 13.3. The Morgan fingerprint density at radius 1 is 1.03 bits per heavy atom. The third-order valence-corrected chi connectivity index (χ3v) is 8.18. The molecule has 192 valence electrons. The smallest absolute Gasteiger partial charge is 0.255 e. The van der Waals surface area contributed by atoms with Crippen LogP contribution in [0.1, 0.15) is 65.9 Å². The van der Waals surface area contributed by atoms with Crippen molar-refractivity contribution in [2.75, 3.05) is 13.2 Å². The number of likely N-dealkylation sites (tertiary alicyclic amines) is 1. The van der Waals surface area contributed by atoms with Crippen LogP contribution >= 0.6 is 0 Å². The lowest BCUT2D eigenvalue weighted by Gasteiger charge is -2.36. The number of imide groups is 1. The lowest BCUT2D eigenvalue weighted by atomic mass is 10.0. The zero-order valence-electron chi connectivity index (χ0n) is 20.7. The van der Waals surface area contributed by atoms with Crippen molar-refractivity contribution in [2.24, 2.45) is 5.92 Å². The Balaban J connectivity index is 1.09. The van der Waals surface area contributed by atoms with E-state index in [4.69, 9.17) is 4.74 Å². The highest BCUT2D eigenvalue weighted by atomic mass is 16.5. The van der Waals surface area contributed by atoms with Crippen molar-refractivity contribution in [3.05, 3.63) is 65.2 Å². The number of carbonyl (C=O) groups is 4. The SMILES string of the molecule is O=C1CCC(N2Cc3cc(OC[C@@H]4CCCCN4C(=O)[C@@H]4C[C@@H]4c4ccccc4)ccc3C2=O)C(=O)N1. The summed E-state index contributed by atoms with van der Waals surface area (Å²) in [5.74, 6) is 0.364. The summed E-state index contributed by atoms with van der Waals surface area (Å²) < 4.78 is 6.17.